The van der Waals surface area contributed by atoms with Gasteiger partial charge in [-0.3, -0.25) is 9.59 Å². The molecule has 0 saturated carbocycles. The molecule has 3 rings (SSSR count). The molecule has 6 heteroatoms. The number of carbonyl (C=O) groups excluding carboxylic acids is 2. The minimum atomic E-state index is -0.465. The number of hydrogen-bond donors (Lipinski definition) is 1. The minimum absolute atomic E-state index is 0.131. The quantitative estimate of drug-likeness (QED) is 0.872. The van der Waals surface area contributed by atoms with Gasteiger partial charge in [0, 0.05) is 17.8 Å². The zero-order valence-corrected chi connectivity index (χ0v) is 14.6. The molecule has 0 fully saturated rings. The number of hydrogen-bond acceptors (Lipinski definition) is 3. The summed E-state index contributed by atoms with van der Waals surface area (Å²) in [7, 11) is 0. The summed E-state index contributed by atoms with van der Waals surface area (Å²) in [4.78, 5) is 26.3. The van der Waals surface area contributed by atoms with E-state index in [1.165, 1.54) is 0 Å². The molecule has 1 aromatic heterocycles. The largest absolute Gasteiger partial charge is 0.465 e. The van der Waals surface area contributed by atoms with Crippen molar-refractivity contribution in [3.63, 3.8) is 0 Å². The number of furan rings is 1. The third-order valence-corrected chi connectivity index (χ3v) is 5.12. The molecule has 1 aliphatic heterocycles. The molecule has 2 aromatic rings. The van der Waals surface area contributed by atoms with Gasteiger partial charge in [0.15, 0.2) is 0 Å². The van der Waals surface area contributed by atoms with Crippen LogP contribution in [0.15, 0.2) is 27.1 Å². The van der Waals surface area contributed by atoms with Crippen molar-refractivity contribution in [2.75, 3.05) is 11.4 Å². The number of nitrogens with zero attached hydrogens (tertiary/aromatic N) is 1. The van der Waals surface area contributed by atoms with Crippen molar-refractivity contribution >= 4 is 33.4 Å². The van der Waals surface area contributed by atoms with Crippen LogP contribution in [0.1, 0.15) is 44.2 Å². The minimum Gasteiger partial charge on any atom is -0.465 e. The first-order chi connectivity index (χ1) is 10.9. The van der Waals surface area contributed by atoms with Gasteiger partial charge in [0.1, 0.15) is 11.5 Å². The normalized spacial score (nSPS) is 13.8. The van der Waals surface area contributed by atoms with E-state index in [2.05, 4.69) is 15.9 Å². The predicted molar refractivity (Wildman–Crippen MR) is 90.8 cm³/mol. The fourth-order valence-electron chi connectivity index (χ4n) is 3.10. The number of fused-ring (bicyclic) bond motifs is 1. The van der Waals surface area contributed by atoms with Gasteiger partial charge in [0.2, 0.25) is 5.91 Å². The summed E-state index contributed by atoms with van der Waals surface area (Å²) >= 11 is 3.43. The highest BCUT2D eigenvalue weighted by Gasteiger charge is 2.30. The van der Waals surface area contributed by atoms with Crippen LogP contribution < -0.4 is 10.6 Å². The van der Waals surface area contributed by atoms with E-state index in [1.54, 1.807) is 24.0 Å². The molecule has 0 bridgehead atoms. The molecular formula is C17H17BrN2O3. The highest BCUT2D eigenvalue weighted by Crippen LogP contribution is 2.34. The molecule has 5 nitrogen and oxygen atoms in total. The van der Waals surface area contributed by atoms with Crippen LogP contribution >= 0.6 is 15.9 Å². The van der Waals surface area contributed by atoms with Gasteiger partial charge in [-0.2, -0.15) is 0 Å². The summed E-state index contributed by atoms with van der Waals surface area (Å²) in [6.07, 6.45) is 1.53. The number of primary amides is 1. The second-order valence-corrected chi connectivity index (χ2v) is 6.42. The molecule has 120 valence electrons. The second kappa shape index (κ2) is 5.85. The first-order valence-corrected chi connectivity index (χ1v) is 8.20. The average Bonchev–Trinajstić information content (AvgIpc) is 2.78. The van der Waals surface area contributed by atoms with Crippen molar-refractivity contribution in [1.82, 2.24) is 0 Å². The number of rotatable bonds is 2. The Labute approximate surface area is 142 Å². The Morgan fingerprint density at radius 3 is 2.61 bits per heavy atom. The van der Waals surface area contributed by atoms with Crippen LogP contribution in [0.3, 0.4) is 0 Å². The Balaban J connectivity index is 2.09. The molecule has 1 aromatic carbocycles. The lowest BCUT2D eigenvalue weighted by atomic mass is 9.95. The fraction of sp³-hybridized carbons (Fsp3) is 0.294. The van der Waals surface area contributed by atoms with Crippen molar-refractivity contribution in [3.8, 4) is 0 Å². The van der Waals surface area contributed by atoms with E-state index in [0.29, 0.717) is 33.7 Å². The van der Waals surface area contributed by atoms with Crippen LogP contribution in [0.25, 0.3) is 0 Å². The Bertz CT molecular complexity index is 810. The lowest BCUT2D eigenvalue weighted by Crippen LogP contribution is -2.36. The summed E-state index contributed by atoms with van der Waals surface area (Å²) in [5.74, 6) is 0.660. The third kappa shape index (κ3) is 2.57. The molecule has 2 N–H and O–H groups in total. The van der Waals surface area contributed by atoms with Gasteiger partial charge in [-0.25, -0.2) is 0 Å². The number of halogens is 1. The van der Waals surface area contributed by atoms with Gasteiger partial charge < -0.3 is 15.1 Å². The molecule has 1 aliphatic rings. The van der Waals surface area contributed by atoms with Crippen molar-refractivity contribution in [2.24, 2.45) is 5.73 Å². The highest BCUT2D eigenvalue weighted by molar-refractivity contribution is 9.10. The van der Waals surface area contributed by atoms with E-state index in [4.69, 9.17) is 10.2 Å². The smallest absolute Gasteiger partial charge is 0.262 e. The average molecular weight is 377 g/mol. The Hall–Kier alpha value is -2.08. The maximum absolute atomic E-state index is 13.0. The molecule has 23 heavy (non-hydrogen) atoms. The zero-order valence-electron chi connectivity index (χ0n) is 13.0. The molecule has 0 radical (unpaired) electrons. The highest BCUT2D eigenvalue weighted by atomic mass is 79.9. The number of aryl methyl sites for hydroxylation is 2. The van der Waals surface area contributed by atoms with Gasteiger partial charge >= 0.3 is 0 Å². The van der Waals surface area contributed by atoms with Crippen molar-refractivity contribution in [1.29, 1.82) is 0 Å². The van der Waals surface area contributed by atoms with Gasteiger partial charge in [-0.15, -0.1) is 0 Å². The SMILES string of the molecule is Cc1oc(C)c(C(=O)N2CCCc3c(C(N)=O)cccc32)c1Br. The third-order valence-electron chi connectivity index (χ3n) is 4.16. The molecule has 0 aliphatic carbocycles. The van der Waals surface area contributed by atoms with Gasteiger partial charge in [0.05, 0.1) is 10.0 Å². The number of amides is 2. The van der Waals surface area contributed by atoms with Crippen LogP contribution in [0.2, 0.25) is 0 Å². The number of carbonyl (C=O) groups is 2. The van der Waals surface area contributed by atoms with E-state index in [-0.39, 0.29) is 5.91 Å². The van der Waals surface area contributed by atoms with Crippen molar-refractivity contribution in [2.45, 2.75) is 26.7 Å². The standard InChI is InChI=1S/C17H17BrN2O3/c1-9-14(15(18)10(2)23-9)17(22)20-8-4-6-11-12(16(19)21)5-3-7-13(11)20/h3,5,7H,4,6,8H2,1-2H3,(H2,19,21). The number of benzene rings is 1. The van der Waals surface area contributed by atoms with Gasteiger partial charge in [-0.05, 0) is 60.3 Å². The van der Waals surface area contributed by atoms with Crippen LogP contribution in [-0.2, 0) is 6.42 Å². The first kappa shape index (κ1) is 15.8. The second-order valence-electron chi connectivity index (χ2n) is 5.63. The van der Waals surface area contributed by atoms with Crippen molar-refractivity contribution in [3.05, 3.63) is 50.9 Å². The van der Waals surface area contributed by atoms with E-state index in [9.17, 15) is 9.59 Å². The zero-order chi connectivity index (χ0) is 16.7. The molecular weight excluding hydrogens is 360 g/mol. The lowest BCUT2D eigenvalue weighted by Gasteiger charge is -2.30. The predicted octanol–water partition coefficient (Wildman–Crippen LogP) is 3.35. The molecule has 0 saturated heterocycles. The summed E-state index contributed by atoms with van der Waals surface area (Å²) in [5, 5.41) is 0. The van der Waals surface area contributed by atoms with E-state index in [1.807, 2.05) is 13.0 Å². The van der Waals surface area contributed by atoms with Crippen LogP contribution in [0, 0.1) is 13.8 Å². The summed E-state index contributed by atoms with van der Waals surface area (Å²) in [6, 6.07) is 5.32. The lowest BCUT2D eigenvalue weighted by molar-refractivity contribution is 0.0975. The number of anilines is 1. The molecule has 2 amide bonds. The van der Waals surface area contributed by atoms with E-state index < -0.39 is 5.91 Å². The Morgan fingerprint density at radius 1 is 1.26 bits per heavy atom. The van der Waals surface area contributed by atoms with Crippen molar-refractivity contribution < 1.29 is 14.0 Å². The maximum atomic E-state index is 13.0. The first-order valence-electron chi connectivity index (χ1n) is 7.41. The summed E-state index contributed by atoms with van der Waals surface area (Å²) < 4.78 is 6.22. The summed E-state index contributed by atoms with van der Waals surface area (Å²) in [5.41, 5.74) is 8.06. The molecule has 2 heterocycles. The fourth-order valence-corrected chi connectivity index (χ4v) is 3.63. The van der Waals surface area contributed by atoms with Crippen LogP contribution in [0.5, 0.6) is 0 Å². The molecule has 0 spiro atoms. The monoisotopic (exact) mass is 376 g/mol. The maximum Gasteiger partial charge on any atom is 0.262 e. The van der Waals surface area contributed by atoms with Crippen LogP contribution in [0.4, 0.5) is 5.69 Å². The Kier molecular flexibility index (Phi) is 4.02. The van der Waals surface area contributed by atoms with Gasteiger partial charge in [-0.1, -0.05) is 6.07 Å². The topological polar surface area (TPSA) is 76.5 Å². The number of nitrogens with two attached hydrogens (primary N) is 1. The van der Waals surface area contributed by atoms with Gasteiger partial charge in [0.25, 0.3) is 5.91 Å². The summed E-state index contributed by atoms with van der Waals surface area (Å²) in [6.45, 7) is 4.18. The molecule has 0 unspecified atom stereocenters. The molecule has 0 atom stereocenters. The van der Waals surface area contributed by atoms with Crippen LogP contribution in [-0.4, -0.2) is 18.4 Å². The van der Waals surface area contributed by atoms with E-state index in [0.717, 1.165) is 24.1 Å². The Morgan fingerprint density at radius 2 is 2.00 bits per heavy atom. The van der Waals surface area contributed by atoms with E-state index >= 15 is 0 Å².